The van der Waals surface area contributed by atoms with Crippen LogP contribution in [0.4, 0.5) is 11.4 Å². The normalized spacial score (nSPS) is 13.5. The van der Waals surface area contributed by atoms with Gasteiger partial charge in [0, 0.05) is 24.0 Å². The Morgan fingerprint density at radius 1 is 0.674 bits per heavy atom. The smallest absolute Gasteiger partial charge is 0.0488 e. The van der Waals surface area contributed by atoms with Crippen LogP contribution >= 0.6 is 0 Å². The number of allylic oxidation sites excluding steroid dienone is 9. The van der Waals surface area contributed by atoms with E-state index >= 15 is 0 Å². The maximum atomic E-state index is 5.48. The third-order valence-electron chi connectivity index (χ3n) is 9.01. The van der Waals surface area contributed by atoms with Crippen LogP contribution in [-0.4, -0.2) is 7.05 Å². The summed E-state index contributed by atoms with van der Waals surface area (Å²) in [6.07, 6.45) is 21.5. The Bertz CT molecular complexity index is 2020. The first-order valence-corrected chi connectivity index (χ1v) is 16.0. The molecule has 5 aromatic carbocycles. The summed E-state index contributed by atoms with van der Waals surface area (Å²) < 4.78 is 0. The van der Waals surface area contributed by atoms with E-state index in [0.717, 1.165) is 24.9 Å². The molecule has 0 saturated carbocycles. The topological polar surface area (TPSA) is 29.3 Å². The van der Waals surface area contributed by atoms with Crippen molar-refractivity contribution in [1.29, 1.82) is 0 Å². The summed E-state index contributed by atoms with van der Waals surface area (Å²) in [6.45, 7) is 0. The second-order valence-corrected chi connectivity index (χ2v) is 11.9. The zero-order valence-corrected chi connectivity index (χ0v) is 26.2. The summed E-state index contributed by atoms with van der Waals surface area (Å²) in [5, 5.41) is 0. The molecule has 2 aliphatic rings. The molecule has 0 amide bonds. The van der Waals surface area contributed by atoms with Crippen molar-refractivity contribution in [3.8, 4) is 33.4 Å². The van der Waals surface area contributed by atoms with Crippen LogP contribution in [0, 0.1) is 0 Å². The molecule has 0 saturated heterocycles. The van der Waals surface area contributed by atoms with Crippen LogP contribution in [0.25, 0.3) is 39.0 Å². The zero-order chi connectivity index (χ0) is 31.3. The molecule has 2 N–H and O–H groups in total. The van der Waals surface area contributed by atoms with Crippen molar-refractivity contribution in [1.82, 2.24) is 0 Å². The van der Waals surface area contributed by atoms with Gasteiger partial charge < -0.3 is 10.6 Å². The molecule has 2 heteroatoms. The van der Waals surface area contributed by atoms with Crippen molar-refractivity contribution in [3.05, 3.63) is 186 Å². The summed E-state index contributed by atoms with van der Waals surface area (Å²) in [5.41, 5.74) is 22.0. The summed E-state index contributed by atoms with van der Waals surface area (Å²) in [5.74, 6) is 0. The average molecular weight is 595 g/mol. The number of nitrogens with zero attached hydrogens (tertiary/aromatic N) is 1. The molecule has 0 fully saturated rings. The summed E-state index contributed by atoms with van der Waals surface area (Å²) in [7, 11) is 2.16. The quantitative estimate of drug-likeness (QED) is 0.178. The number of hydrogen-bond donors (Lipinski definition) is 1. The van der Waals surface area contributed by atoms with Crippen LogP contribution in [0.1, 0.15) is 28.7 Å². The minimum absolute atomic E-state index is 0.886. The third kappa shape index (κ3) is 6.03. The minimum Gasteiger partial charge on any atom is -0.405 e. The largest absolute Gasteiger partial charge is 0.405 e. The number of fused-ring (bicyclic) bond motifs is 3. The lowest BCUT2D eigenvalue weighted by molar-refractivity contribution is 1.20. The summed E-state index contributed by atoms with van der Waals surface area (Å²) >= 11 is 0. The zero-order valence-electron chi connectivity index (χ0n) is 26.2. The Morgan fingerprint density at radius 2 is 1.37 bits per heavy atom. The molecule has 0 heterocycles. The van der Waals surface area contributed by atoms with Gasteiger partial charge in [-0.15, -0.1) is 0 Å². The summed E-state index contributed by atoms with van der Waals surface area (Å²) in [4.78, 5) is 2.30. The fourth-order valence-electron chi connectivity index (χ4n) is 6.51. The molecule has 5 aromatic rings. The molecule has 224 valence electrons. The van der Waals surface area contributed by atoms with Crippen molar-refractivity contribution >= 4 is 16.9 Å². The first-order chi connectivity index (χ1) is 22.7. The molecule has 7 rings (SSSR count). The standard InChI is InChI=1S/C44H38N2/c1-46(40-24-21-34(22-25-40)33-13-9-4-10-14-33)44-26-23-37(31-43(44)35-15-7-2-3-8-16-35)36-19-20-39-29-38-18-17-32(12-6-5-11-27-45)28-41(38)42(39)30-36/h2,4-11,13-28,30-31H,3,12,29,45H2,1H3/b6-5-,27-11-. The molecule has 0 aliphatic heterocycles. The van der Waals surface area contributed by atoms with Crippen molar-refractivity contribution in [2.75, 3.05) is 11.9 Å². The van der Waals surface area contributed by atoms with Crippen LogP contribution in [0.5, 0.6) is 0 Å². The van der Waals surface area contributed by atoms with Crippen molar-refractivity contribution in [3.63, 3.8) is 0 Å². The average Bonchev–Trinajstić information content (AvgIpc) is 3.25. The van der Waals surface area contributed by atoms with Crippen LogP contribution < -0.4 is 10.6 Å². The van der Waals surface area contributed by atoms with Gasteiger partial charge in [-0.05, 0) is 118 Å². The number of nitrogens with two attached hydrogens (primary N) is 1. The van der Waals surface area contributed by atoms with Crippen LogP contribution in [-0.2, 0) is 12.8 Å². The van der Waals surface area contributed by atoms with Crippen molar-refractivity contribution in [2.24, 2.45) is 5.73 Å². The fourth-order valence-corrected chi connectivity index (χ4v) is 6.51. The SMILES string of the molecule is CN(c1ccc(-c2ccccc2)cc1)c1ccc(-c2ccc3c(c2)-c2cc(C/C=C\C=C/N)ccc2C3)cc1C1=CC=CCC=C1. The van der Waals surface area contributed by atoms with Crippen molar-refractivity contribution < 1.29 is 0 Å². The van der Waals surface area contributed by atoms with E-state index in [1.165, 1.54) is 66.9 Å². The first-order valence-electron chi connectivity index (χ1n) is 16.0. The lowest BCUT2D eigenvalue weighted by atomic mass is 9.93. The Balaban J connectivity index is 1.24. The predicted octanol–water partition coefficient (Wildman–Crippen LogP) is 10.8. The van der Waals surface area contributed by atoms with Gasteiger partial charge in [0.1, 0.15) is 0 Å². The Hall–Kier alpha value is -5.60. The second kappa shape index (κ2) is 13.2. The molecule has 0 bridgehead atoms. The Labute approximate surface area is 272 Å². The number of rotatable bonds is 8. The van der Waals surface area contributed by atoms with Gasteiger partial charge in [0.25, 0.3) is 0 Å². The molecular formula is C44H38N2. The highest BCUT2D eigenvalue weighted by Gasteiger charge is 2.20. The van der Waals surface area contributed by atoms with Crippen molar-refractivity contribution in [2.45, 2.75) is 19.3 Å². The maximum Gasteiger partial charge on any atom is 0.0488 e. The maximum absolute atomic E-state index is 5.48. The lowest BCUT2D eigenvalue weighted by Gasteiger charge is -2.24. The van der Waals surface area contributed by atoms with Gasteiger partial charge in [0.15, 0.2) is 0 Å². The van der Waals surface area contributed by atoms with Gasteiger partial charge in [0.2, 0.25) is 0 Å². The van der Waals surface area contributed by atoms with Gasteiger partial charge in [-0.3, -0.25) is 0 Å². The van der Waals surface area contributed by atoms with Gasteiger partial charge in [-0.25, -0.2) is 0 Å². The Kier molecular flexibility index (Phi) is 8.34. The highest BCUT2D eigenvalue weighted by Crippen LogP contribution is 2.41. The van der Waals surface area contributed by atoms with E-state index in [9.17, 15) is 0 Å². The summed E-state index contributed by atoms with van der Waals surface area (Å²) in [6, 6.07) is 40.2. The highest BCUT2D eigenvalue weighted by molar-refractivity contribution is 5.89. The number of hydrogen-bond acceptors (Lipinski definition) is 2. The molecule has 0 aromatic heterocycles. The first kappa shape index (κ1) is 29.1. The third-order valence-corrected chi connectivity index (χ3v) is 9.01. The highest BCUT2D eigenvalue weighted by atomic mass is 15.1. The van der Waals surface area contributed by atoms with E-state index in [4.69, 9.17) is 5.73 Å². The van der Waals surface area contributed by atoms with E-state index in [1.807, 2.05) is 12.2 Å². The molecule has 0 unspecified atom stereocenters. The molecule has 0 spiro atoms. The number of benzene rings is 5. The molecular weight excluding hydrogens is 556 g/mol. The fraction of sp³-hybridized carbons (Fsp3) is 0.0909. The number of anilines is 2. The van der Waals surface area contributed by atoms with E-state index < -0.39 is 0 Å². The molecule has 0 radical (unpaired) electrons. The van der Waals surface area contributed by atoms with Gasteiger partial charge in [-0.1, -0.05) is 121 Å². The van der Waals surface area contributed by atoms with E-state index in [0.29, 0.717) is 0 Å². The Morgan fingerprint density at radius 3 is 2.17 bits per heavy atom. The van der Waals surface area contributed by atoms with Gasteiger partial charge in [0.05, 0.1) is 0 Å². The molecule has 46 heavy (non-hydrogen) atoms. The van der Waals surface area contributed by atoms with Crippen LogP contribution in [0.15, 0.2) is 164 Å². The minimum atomic E-state index is 0.886. The van der Waals surface area contributed by atoms with Crippen LogP contribution in [0.3, 0.4) is 0 Å². The van der Waals surface area contributed by atoms with E-state index in [-0.39, 0.29) is 0 Å². The van der Waals surface area contributed by atoms with E-state index in [1.54, 1.807) is 6.20 Å². The monoisotopic (exact) mass is 594 g/mol. The van der Waals surface area contributed by atoms with Gasteiger partial charge >= 0.3 is 0 Å². The predicted molar refractivity (Wildman–Crippen MR) is 197 cm³/mol. The van der Waals surface area contributed by atoms with E-state index in [2.05, 4.69) is 158 Å². The second-order valence-electron chi connectivity index (χ2n) is 11.9. The van der Waals surface area contributed by atoms with Crippen LogP contribution in [0.2, 0.25) is 0 Å². The molecule has 0 atom stereocenters. The molecule has 2 aliphatic carbocycles. The van der Waals surface area contributed by atoms with Gasteiger partial charge in [-0.2, -0.15) is 0 Å². The molecule has 2 nitrogen and oxygen atoms in total. The lowest BCUT2D eigenvalue weighted by Crippen LogP contribution is -2.11.